The first kappa shape index (κ1) is 19.4. The molecule has 0 radical (unpaired) electrons. The first-order valence-electron chi connectivity index (χ1n) is 7.02. The molecule has 0 heterocycles. The number of thioether (sulfide) groups is 1. The Labute approximate surface area is 126 Å². The summed E-state index contributed by atoms with van der Waals surface area (Å²) in [7, 11) is 1.22. The number of hydrogen-bond acceptors (Lipinski definition) is 3. The van der Waals surface area contributed by atoms with E-state index in [4.69, 9.17) is 0 Å². The van der Waals surface area contributed by atoms with Gasteiger partial charge in [0.05, 0.1) is 0 Å². The van der Waals surface area contributed by atoms with Crippen molar-refractivity contribution in [2.24, 2.45) is 0 Å². The fourth-order valence-corrected chi connectivity index (χ4v) is 37.2. The maximum atomic E-state index is 11.2. The molecule has 0 aliphatic rings. The predicted molar refractivity (Wildman–Crippen MR) is 95.1 cm³/mol. The van der Waals surface area contributed by atoms with Crippen LogP contribution in [0.1, 0.15) is 27.7 Å². The van der Waals surface area contributed by atoms with Crippen LogP contribution in [0.3, 0.4) is 0 Å². The number of hydrogen-bond donors (Lipinski definition) is 0. The minimum atomic E-state index is -1.93. The van der Waals surface area contributed by atoms with Gasteiger partial charge in [0.15, 0.2) is 0 Å². The monoisotopic (exact) mass is 414 g/mol. The summed E-state index contributed by atoms with van der Waals surface area (Å²) in [5, 5.41) is 0.282. The molecule has 0 bridgehead atoms. The zero-order valence-corrected chi connectivity index (χ0v) is 18.6. The van der Waals surface area contributed by atoms with Crippen LogP contribution in [0.15, 0.2) is 0 Å². The molecule has 5 heteroatoms. The van der Waals surface area contributed by atoms with E-state index in [-0.39, 0.29) is 5.12 Å². The molecular weight excluding hydrogens is 383 g/mol. The standard InChI is InChI=1S/C7H16OS2Si.3C2H5.Sn/c1-6(8)10-5-7(9)11(2,3)4;3*1-2;/h7,9H,5H2,1-4H3;3*1H2,2H3;/q;;;;+1/p-1. The Morgan fingerprint density at radius 2 is 1.56 bits per heavy atom. The Kier molecular flexibility index (Phi) is 9.29. The van der Waals surface area contributed by atoms with Crippen LogP contribution in [0.25, 0.3) is 0 Å². The third-order valence-corrected chi connectivity index (χ3v) is 36.3. The summed E-state index contributed by atoms with van der Waals surface area (Å²) in [5.74, 6) is 1.05. The van der Waals surface area contributed by atoms with Gasteiger partial charge >= 0.3 is 127 Å². The van der Waals surface area contributed by atoms with E-state index in [1.807, 2.05) is 0 Å². The van der Waals surface area contributed by atoms with Crippen molar-refractivity contribution >= 4 is 50.9 Å². The first-order chi connectivity index (χ1) is 8.20. The van der Waals surface area contributed by atoms with E-state index in [1.165, 1.54) is 13.3 Å². The molecule has 0 saturated heterocycles. The Bertz CT molecular complexity index is 254. The van der Waals surface area contributed by atoms with Gasteiger partial charge in [-0.05, 0) is 0 Å². The molecule has 1 nitrogen and oxygen atoms in total. The topological polar surface area (TPSA) is 17.1 Å². The second kappa shape index (κ2) is 8.62. The van der Waals surface area contributed by atoms with Gasteiger partial charge in [-0.2, -0.15) is 0 Å². The third kappa shape index (κ3) is 6.70. The summed E-state index contributed by atoms with van der Waals surface area (Å²) in [6, 6.07) is 0. The van der Waals surface area contributed by atoms with E-state index < -0.39 is 25.1 Å². The van der Waals surface area contributed by atoms with Gasteiger partial charge in [-0.3, -0.25) is 0 Å². The van der Waals surface area contributed by atoms with Gasteiger partial charge in [-0.1, -0.05) is 0 Å². The molecule has 1 atom stereocenters. The third-order valence-electron chi connectivity index (χ3n) is 3.73. The van der Waals surface area contributed by atoms with Crippen molar-refractivity contribution in [1.29, 1.82) is 0 Å². The summed E-state index contributed by atoms with van der Waals surface area (Å²) in [4.78, 5) is 12.0. The quantitative estimate of drug-likeness (QED) is 0.506. The fraction of sp³-hybridized carbons (Fsp3) is 0.923. The molecule has 0 aromatic rings. The van der Waals surface area contributed by atoms with E-state index in [0.29, 0.717) is 0 Å². The van der Waals surface area contributed by atoms with Crippen LogP contribution in [0.5, 0.6) is 0 Å². The van der Waals surface area contributed by atoms with E-state index in [0.717, 1.165) is 10.6 Å². The minimum absolute atomic E-state index is 0.282. The van der Waals surface area contributed by atoms with Crippen molar-refractivity contribution in [2.45, 2.75) is 65.5 Å². The Hall–Kier alpha value is 1.39. The molecular formula is C13H30OS2SiSn. The number of carbonyl (C=O) groups is 1. The van der Waals surface area contributed by atoms with Crippen LogP contribution in [0.2, 0.25) is 33.0 Å². The van der Waals surface area contributed by atoms with Crippen LogP contribution >= 0.6 is 20.7 Å². The Morgan fingerprint density at radius 3 is 1.83 bits per heavy atom. The Morgan fingerprint density at radius 1 is 1.11 bits per heavy atom. The van der Waals surface area contributed by atoms with Crippen molar-refractivity contribution in [3.8, 4) is 0 Å². The summed E-state index contributed by atoms with van der Waals surface area (Å²) >= 11 is -0.384. The summed E-state index contributed by atoms with van der Waals surface area (Å²) in [6.45, 7) is 16.3. The SMILES string of the molecule is C[CH2][Sn]([CH2]C)([CH2]C)[S]C(CSC(C)=O)[Si](C)(C)C. The molecule has 0 saturated carbocycles. The van der Waals surface area contributed by atoms with E-state index >= 15 is 0 Å². The summed E-state index contributed by atoms with van der Waals surface area (Å²) < 4.78 is 4.33. The number of rotatable bonds is 8. The zero-order valence-electron chi connectivity index (χ0n) is 13.1. The normalized spacial score (nSPS) is 14.6. The van der Waals surface area contributed by atoms with Crippen LogP contribution < -0.4 is 0 Å². The van der Waals surface area contributed by atoms with Gasteiger partial charge in [-0.25, -0.2) is 0 Å². The summed E-state index contributed by atoms with van der Waals surface area (Å²) in [6.07, 6.45) is 0. The van der Waals surface area contributed by atoms with Gasteiger partial charge in [0, 0.05) is 0 Å². The molecule has 18 heavy (non-hydrogen) atoms. The van der Waals surface area contributed by atoms with Crippen molar-refractivity contribution in [2.75, 3.05) is 5.75 Å². The van der Waals surface area contributed by atoms with Crippen LogP contribution in [-0.4, -0.2) is 40.8 Å². The molecule has 0 N–H and O–H groups in total. The van der Waals surface area contributed by atoms with E-state index in [9.17, 15) is 4.79 Å². The molecule has 0 aliphatic heterocycles. The molecule has 0 aliphatic carbocycles. The molecule has 1 unspecified atom stereocenters. The molecule has 0 amide bonds. The molecule has 0 rings (SSSR count). The van der Waals surface area contributed by atoms with Crippen molar-refractivity contribution in [1.82, 2.24) is 0 Å². The molecule has 108 valence electrons. The fourth-order valence-electron chi connectivity index (χ4n) is 1.96. The van der Waals surface area contributed by atoms with Crippen molar-refractivity contribution < 1.29 is 4.79 Å². The van der Waals surface area contributed by atoms with Crippen LogP contribution in [0.4, 0.5) is 0 Å². The Balaban J connectivity index is 4.82. The average Bonchev–Trinajstić information content (AvgIpc) is 2.28. The van der Waals surface area contributed by atoms with Crippen molar-refractivity contribution in [3.05, 3.63) is 0 Å². The summed E-state index contributed by atoms with van der Waals surface area (Å²) in [5.41, 5.74) is 0. The second-order valence-electron chi connectivity index (χ2n) is 6.02. The average molecular weight is 413 g/mol. The van der Waals surface area contributed by atoms with Gasteiger partial charge in [0.1, 0.15) is 0 Å². The van der Waals surface area contributed by atoms with Crippen LogP contribution in [0, 0.1) is 0 Å². The molecule has 0 aromatic carbocycles. The van der Waals surface area contributed by atoms with E-state index in [2.05, 4.69) is 49.4 Å². The van der Waals surface area contributed by atoms with Crippen molar-refractivity contribution in [3.63, 3.8) is 0 Å². The predicted octanol–water partition coefficient (Wildman–Crippen LogP) is 5.25. The van der Waals surface area contributed by atoms with Crippen LogP contribution in [-0.2, 0) is 4.79 Å². The molecule has 0 spiro atoms. The van der Waals surface area contributed by atoms with E-state index in [1.54, 1.807) is 18.7 Å². The van der Waals surface area contributed by atoms with Gasteiger partial charge in [-0.15, -0.1) is 0 Å². The maximum absolute atomic E-state index is 11.2. The van der Waals surface area contributed by atoms with Gasteiger partial charge in [0.2, 0.25) is 0 Å². The molecule has 0 aromatic heterocycles. The van der Waals surface area contributed by atoms with Gasteiger partial charge in [0.25, 0.3) is 0 Å². The zero-order chi connectivity index (χ0) is 14.4. The molecule has 0 fully saturated rings. The first-order valence-corrected chi connectivity index (χ1v) is 22.0. The van der Waals surface area contributed by atoms with Gasteiger partial charge < -0.3 is 0 Å². The second-order valence-corrected chi connectivity index (χ2v) is 34.5. The number of carbonyl (C=O) groups excluding carboxylic acids is 1.